The second-order valence-corrected chi connectivity index (χ2v) is 10.2. The lowest BCUT2D eigenvalue weighted by molar-refractivity contribution is -0.192. The fourth-order valence-electron chi connectivity index (χ4n) is 2.25. The van der Waals surface area contributed by atoms with Crippen molar-refractivity contribution in [3.8, 4) is 5.75 Å². The Morgan fingerprint density at radius 2 is 1.83 bits per heavy atom. The molecule has 0 aliphatic heterocycles. The minimum atomic E-state index is -5.08. The molecule has 7 N–H and O–H groups in total. The largest absolute Gasteiger partial charge is 0.490 e. The van der Waals surface area contributed by atoms with E-state index in [4.69, 9.17) is 47.2 Å². The summed E-state index contributed by atoms with van der Waals surface area (Å²) < 4.78 is 47.8. The van der Waals surface area contributed by atoms with Crippen molar-refractivity contribution in [1.82, 2.24) is 5.32 Å². The molecule has 17 heteroatoms. The molecule has 0 radical (unpaired) electrons. The maximum absolute atomic E-state index is 12.3. The second kappa shape index (κ2) is 12.8. The average molecular weight is 574 g/mol. The molecular formula is C19H20ClF3N3O8PS. The van der Waals surface area contributed by atoms with E-state index in [2.05, 4.69) is 5.32 Å². The zero-order valence-corrected chi connectivity index (χ0v) is 20.7. The molecule has 1 amide bonds. The number of amidine groups is 1. The van der Waals surface area contributed by atoms with Gasteiger partial charge in [-0.2, -0.15) is 13.2 Å². The smallest absolute Gasteiger partial charge is 0.475 e. The Balaban J connectivity index is 0.000000809. The number of ether oxygens (including phenoxy) is 1. The van der Waals surface area contributed by atoms with Gasteiger partial charge in [-0.3, -0.25) is 14.8 Å². The molecule has 0 fully saturated rings. The maximum atomic E-state index is 12.3. The Hall–Kier alpha value is -2.97. The van der Waals surface area contributed by atoms with Gasteiger partial charge in [0.05, 0.1) is 5.02 Å². The summed E-state index contributed by atoms with van der Waals surface area (Å²) >= 11 is 7.19. The van der Waals surface area contributed by atoms with Crippen LogP contribution in [0.15, 0.2) is 30.3 Å². The molecule has 2 aromatic rings. The molecule has 0 saturated carbocycles. The molecule has 11 nitrogen and oxygen atoms in total. The molecule has 0 spiro atoms. The molecule has 1 heterocycles. The molecule has 1 aromatic carbocycles. The maximum Gasteiger partial charge on any atom is 0.490 e. The number of carboxylic acids is 1. The Bertz CT molecular complexity index is 1180. The number of aliphatic carboxylic acids is 1. The van der Waals surface area contributed by atoms with E-state index in [-0.39, 0.29) is 16.6 Å². The molecular weight excluding hydrogens is 554 g/mol. The van der Waals surface area contributed by atoms with Crippen molar-refractivity contribution in [3.63, 3.8) is 0 Å². The molecule has 0 bridgehead atoms. The highest BCUT2D eigenvalue weighted by Gasteiger charge is 2.38. The van der Waals surface area contributed by atoms with Gasteiger partial charge >= 0.3 is 25.7 Å². The molecule has 198 valence electrons. The van der Waals surface area contributed by atoms with Gasteiger partial charge in [0.25, 0.3) is 0 Å². The zero-order chi connectivity index (χ0) is 27.8. The van der Waals surface area contributed by atoms with Gasteiger partial charge < -0.3 is 30.7 Å². The predicted octanol–water partition coefficient (Wildman–Crippen LogP) is 2.97. The first-order valence-corrected chi connectivity index (χ1v) is 12.5. The topological polar surface area (TPSA) is 200 Å². The average Bonchev–Trinajstić information content (AvgIpc) is 3.21. The van der Waals surface area contributed by atoms with Crippen LogP contribution in [0, 0.1) is 11.3 Å². The fourth-order valence-corrected chi connectivity index (χ4v) is 3.84. The summed E-state index contributed by atoms with van der Waals surface area (Å²) in [7, 11) is -4.32. The van der Waals surface area contributed by atoms with Gasteiger partial charge in [-0.15, -0.1) is 11.3 Å². The first-order valence-electron chi connectivity index (χ1n) is 9.48. The summed E-state index contributed by atoms with van der Waals surface area (Å²) in [6.07, 6.45) is -5.51. The van der Waals surface area contributed by atoms with E-state index >= 15 is 0 Å². The quantitative estimate of drug-likeness (QED) is 0.0902. The molecule has 1 atom stereocenters. The number of thiophene rings is 1. The Morgan fingerprint density at radius 3 is 2.31 bits per heavy atom. The molecule has 36 heavy (non-hydrogen) atoms. The third kappa shape index (κ3) is 10.7. The highest BCUT2D eigenvalue weighted by atomic mass is 35.5. The van der Waals surface area contributed by atoms with Crippen LogP contribution in [-0.4, -0.2) is 51.0 Å². The number of alkyl halides is 3. The van der Waals surface area contributed by atoms with Gasteiger partial charge in [0.1, 0.15) is 22.7 Å². The molecule has 1 unspecified atom stereocenters. The van der Waals surface area contributed by atoms with Crippen molar-refractivity contribution in [2.24, 2.45) is 11.7 Å². The van der Waals surface area contributed by atoms with E-state index in [1.165, 1.54) is 18.2 Å². The summed E-state index contributed by atoms with van der Waals surface area (Å²) in [6.45, 7) is 1.61. The van der Waals surface area contributed by atoms with E-state index in [0.717, 1.165) is 16.2 Å². The van der Waals surface area contributed by atoms with Gasteiger partial charge in [-0.1, -0.05) is 18.5 Å². The normalized spacial score (nSPS) is 12.1. The number of benzene rings is 1. The van der Waals surface area contributed by atoms with E-state index in [0.29, 0.717) is 16.9 Å². The monoisotopic (exact) mass is 573 g/mol. The molecule has 1 aromatic heterocycles. The van der Waals surface area contributed by atoms with E-state index in [1.807, 2.05) is 0 Å². The first kappa shape index (κ1) is 31.1. The van der Waals surface area contributed by atoms with Crippen LogP contribution in [0.25, 0.3) is 0 Å². The van der Waals surface area contributed by atoms with Crippen LogP contribution in [0.5, 0.6) is 5.75 Å². The minimum Gasteiger partial charge on any atom is -0.475 e. The second-order valence-electron chi connectivity index (χ2n) is 6.99. The van der Waals surface area contributed by atoms with Crippen molar-refractivity contribution in [3.05, 3.63) is 50.7 Å². The van der Waals surface area contributed by atoms with Gasteiger partial charge in [0.15, 0.2) is 0 Å². The lowest BCUT2D eigenvalue weighted by Crippen LogP contribution is -2.30. The number of rotatable bonds is 8. The zero-order valence-electron chi connectivity index (χ0n) is 18.2. The number of hydrogen-bond acceptors (Lipinski definition) is 7. The number of hydrogen-bond donors (Lipinski definition) is 6. The van der Waals surface area contributed by atoms with Crippen LogP contribution in [0.3, 0.4) is 0 Å². The van der Waals surface area contributed by atoms with Crippen molar-refractivity contribution < 1.29 is 51.8 Å². The molecule has 0 aliphatic rings. The number of amides is 1. The van der Waals surface area contributed by atoms with Crippen molar-refractivity contribution in [2.45, 2.75) is 19.5 Å². The summed E-state index contributed by atoms with van der Waals surface area (Å²) in [6, 6.07) is 7.60. The highest BCUT2D eigenvalue weighted by Crippen LogP contribution is 2.32. The number of esters is 1. The summed E-state index contributed by atoms with van der Waals surface area (Å²) in [4.78, 5) is 51.8. The van der Waals surface area contributed by atoms with Crippen molar-refractivity contribution in [1.29, 1.82) is 5.41 Å². The third-order valence-electron chi connectivity index (χ3n) is 3.97. The number of nitrogen functional groups attached to an aromatic ring is 1. The number of nitrogens with one attached hydrogen (secondary N) is 2. The van der Waals surface area contributed by atoms with E-state index in [1.54, 1.807) is 19.1 Å². The predicted molar refractivity (Wildman–Crippen MR) is 123 cm³/mol. The van der Waals surface area contributed by atoms with Gasteiger partial charge in [0.2, 0.25) is 5.91 Å². The number of carboxylic acid groups (broad SMARTS) is 1. The Morgan fingerprint density at radius 1 is 1.25 bits per heavy atom. The van der Waals surface area contributed by atoms with Gasteiger partial charge in [0, 0.05) is 16.4 Å². The summed E-state index contributed by atoms with van der Waals surface area (Å²) in [5.74, 6) is -4.46. The SMILES string of the molecule is CC(Cc1ccc(C(=O)Oc2ccc(C(=N)N)cc2Cl)s1)C(=O)NCP(=O)(O)O.O=C(O)C(F)(F)F. The minimum absolute atomic E-state index is 0.127. The van der Waals surface area contributed by atoms with E-state index in [9.17, 15) is 27.3 Å². The summed E-state index contributed by atoms with van der Waals surface area (Å²) in [5.41, 5.74) is 5.78. The standard InChI is InChI=1S/C17H19ClN3O6PS.C2HF3O2/c1-9(16(22)21-8-28(24,25)26)6-11-3-5-14(29-11)17(23)27-13-4-2-10(15(19)20)7-12(13)18;3-2(4,5)1(6)7/h2-5,7,9H,6,8H2,1H3,(H3,19,20)(H,21,22)(H2,24,25,26);(H,6,7). The molecule has 0 saturated heterocycles. The van der Waals surface area contributed by atoms with Gasteiger partial charge in [-0.25, -0.2) is 9.59 Å². The Labute approximate surface area is 210 Å². The Kier molecular flexibility index (Phi) is 11.1. The third-order valence-corrected chi connectivity index (χ3v) is 5.92. The van der Waals surface area contributed by atoms with Crippen molar-refractivity contribution >= 4 is 54.2 Å². The number of nitrogens with two attached hydrogens (primary N) is 1. The highest BCUT2D eigenvalue weighted by molar-refractivity contribution is 7.51. The lowest BCUT2D eigenvalue weighted by atomic mass is 10.1. The molecule has 0 aliphatic carbocycles. The lowest BCUT2D eigenvalue weighted by Gasteiger charge is -2.11. The van der Waals surface area contributed by atoms with Gasteiger partial charge in [-0.05, 0) is 36.8 Å². The number of carbonyl (C=O) groups excluding carboxylic acids is 2. The van der Waals surface area contributed by atoms with E-state index < -0.39 is 43.8 Å². The van der Waals surface area contributed by atoms with Crippen LogP contribution in [-0.2, 0) is 20.6 Å². The van der Waals surface area contributed by atoms with Crippen LogP contribution < -0.4 is 15.8 Å². The van der Waals surface area contributed by atoms with Crippen LogP contribution in [0.1, 0.15) is 27.0 Å². The number of carbonyl (C=O) groups is 3. The molecule has 2 rings (SSSR count). The van der Waals surface area contributed by atoms with Crippen LogP contribution in [0.2, 0.25) is 5.02 Å². The first-order chi connectivity index (χ1) is 16.4. The summed E-state index contributed by atoms with van der Waals surface area (Å²) in [5, 5.41) is 16.8. The fraction of sp³-hybridized carbons (Fsp3) is 0.263. The van der Waals surface area contributed by atoms with Crippen molar-refractivity contribution in [2.75, 3.05) is 6.29 Å². The van der Waals surface area contributed by atoms with Crippen LogP contribution >= 0.6 is 30.5 Å². The number of halogens is 4. The van der Waals surface area contributed by atoms with Crippen LogP contribution in [0.4, 0.5) is 13.2 Å².